The molecular formula is C19H25NO6. The van der Waals surface area contributed by atoms with Gasteiger partial charge in [0.05, 0.1) is 25.7 Å². The normalized spacial score (nSPS) is 28.4. The van der Waals surface area contributed by atoms with Crippen LogP contribution in [0.5, 0.6) is 0 Å². The fourth-order valence-electron chi connectivity index (χ4n) is 3.66. The highest BCUT2D eigenvalue weighted by molar-refractivity contribution is 6.02. The van der Waals surface area contributed by atoms with Crippen LogP contribution in [0.2, 0.25) is 0 Å². The Bertz CT molecular complexity index is 694. The predicted molar refractivity (Wildman–Crippen MR) is 94.8 cm³/mol. The van der Waals surface area contributed by atoms with E-state index in [1.807, 2.05) is 31.1 Å². The second kappa shape index (κ2) is 7.45. The Morgan fingerprint density at radius 2 is 1.65 bits per heavy atom. The van der Waals surface area contributed by atoms with E-state index in [1.165, 1.54) is 21.1 Å². The number of methoxy groups -OCH3 is 2. The van der Waals surface area contributed by atoms with Crippen LogP contribution in [0.1, 0.15) is 24.8 Å². The summed E-state index contributed by atoms with van der Waals surface area (Å²) in [5.74, 6) is -4.96. The van der Waals surface area contributed by atoms with Gasteiger partial charge in [-0.3, -0.25) is 14.4 Å². The quantitative estimate of drug-likeness (QED) is 0.633. The maximum absolute atomic E-state index is 12.6. The van der Waals surface area contributed by atoms with Crippen molar-refractivity contribution >= 4 is 23.4 Å². The molecule has 1 aromatic carbocycles. The van der Waals surface area contributed by atoms with E-state index in [0.29, 0.717) is 5.56 Å². The summed E-state index contributed by atoms with van der Waals surface area (Å²) in [6, 6.07) is 7.15. The second-order valence-corrected chi connectivity index (χ2v) is 7.01. The summed E-state index contributed by atoms with van der Waals surface area (Å²) in [5.41, 5.74) is -0.110. The smallest absolute Gasteiger partial charge is 0.316 e. The van der Waals surface area contributed by atoms with Crippen molar-refractivity contribution in [1.82, 2.24) is 0 Å². The number of benzene rings is 1. The van der Waals surface area contributed by atoms with E-state index in [-0.39, 0.29) is 6.42 Å². The van der Waals surface area contributed by atoms with Gasteiger partial charge in [0.2, 0.25) is 0 Å². The molecule has 0 aromatic heterocycles. The zero-order valence-corrected chi connectivity index (χ0v) is 15.7. The van der Waals surface area contributed by atoms with Gasteiger partial charge in [-0.2, -0.15) is 0 Å². The second-order valence-electron chi connectivity index (χ2n) is 7.01. The van der Waals surface area contributed by atoms with Crippen LogP contribution in [-0.2, 0) is 23.9 Å². The number of Topliss-reactive ketones (excluding diaryl/α,β-unsaturated/α-hetero) is 1. The number of hydrogen-bond acceptors (Lipinski definition) is 7. The van der Waals surface area contributed by atoms with Crippen LogP contribution in [0.15, 0.2) is 24.3 Å². The summed E-state index contributed by atoms with van der Waals surface area (Å²) in [5, 5.41) is 10.8. The lowest BCUT2D eigenvalue weighted by Crippen LogP contribution is -2.55. The van der Waals surface area contributed by atoms with Crippen molar-refractivity contribution in [2.75, 3.05) is 33.2 Å². The van der Waals surface area contributed by atoms with Crippen molar-refractivity contribution in [3.05, 3.63) is 29.8 Å². The maximum atomic E-state index is 12.6. The van der Waals surface area contributed by atoms with Crippen LogP contribution in [-0.4, -0.2) is 56.7 Å². The molecule has 0 unspecified atom stereocenters. The molecule has 1 fully saturated rings. The molecule has 26 heavy (non-hydrogen) atoms. The number of rotatable bonds is 4. The Morgan fingerprint density at radius 3 is 2.12 bits per heavy atom. The number of hydrogen-bond donors (Lipinski definition) is 1. The number of esters is 2. The number of aliphatic hydroxyl groups is 1. The molecule has 0 saturated heterocycles. The van der Waals surface area contributed by atoms with Crippen LogP contribution >= 0.6 is 0 Å². The Labute approximate surface area is 152 Å². The molecule has 1 aliphatic carbocycles. The highest BCUT2D eigenvalue weighted by Crippen LogP contribution is 2.46. The zero-order chi connectivity index (χ0) is 19.6. The molecule has 2 rings (SSSR count). The molecule has 0 aliphatic heterocycles. The third-order valence-electron chi connectivity index (χ3n) is 4.97. The molecule has 7 heteroatoms. The summed E-state index contributed by atoms with van der Waals surface area (Å²) in [6.07, 6.45) is -0.321. The molecule has 0 bridgehead atoms. The number of ketones is 1. The minimum Gasteiger partial charge on any atom is -0.469 e. The number of nitrogens with zero attached hydrogens (tertiary/aromatic N) is 1. The van der Waals surface area contributed by atoms with E-state index >= 15 is 0 Å². The fraction of sp³-hybridized carbons (Fsp3) is 0.526. The van der Waals surface area contributed by atoms with Crippen LogP contribution in [0.25, 0.3) is 0 Å². The van der Waals surface area contributed by atoms with E-state index in [1.54, 1.807) is 12.1 Å². The van der Waals surface area contributed by atoms with Gasteiger partial charge in [-0.15, -0.1) is 0 Å². The summed E-state index contributed by atoms with van der Waals surface area (Å²) < 4.78 is 9.67. The fourth-order valence-corrected chi connectivity index (χ4v) is 3.66. The Kier molecular flexibility index (Phi) is 5.71. The van der Waals surface area contributed by atoms with E-state index < -0.39 is 41.1 Å². The van der Waals surface area contributed by atoms with Crippen LogP contribution < -0.4 is 4.90 Å². The lowest BCUT2D eigenvalue weighted by molar-refractivity contribution is -0.170. The van der Waals surface area contributed by atoms with Gasteiger partial charge >= 0.3 is 11.9 Å². The molecule has 0 amide bonds. The number of ether oxygens (including phenoxy) is 2. The van der Waals surface area contributed by atoms with E-state index in [0.717, 1.165) is 5.69 Å². The van der Waals surface area contributed by atoms with Gasteiger partial charge in [0, 0.05) is 32.1 Å². The summed E-state index contributed by atoms with van der Waals surface area (Å²) in [7, 11) is 6.19. The number of anilines is 1. The highest BCUT2D eigenvalue weighted by atomic mass is 16.5. The number of carbonyl (C=O) groups excluding carboxylic acids is 3. The molecule has 7 nitrogen and oxygen atoms in total. The SMILES string of the molecule is COC(=O)[C@@H]1C(=O)C[C@](C)(O)[C@@H](C(=O)OC)[C@@H]1c1ccc(N(C)C)cc1. The van der Waals surface area contributed by atoms with Gasteiger partial charge < -0.3 is 19.5 Å². The first-order valence-corrected chi connectivity index (χ1v) is 8.32. The number of carbonyl (C=O) groups is 3. The predicted octanol–water partition coefficient (Wildman–Crippen LogP) is 1.14. The van der Waals surface area contributed by atoms with Crippen LogP contribution in [0, 0.1) is 11.8 Å². The van der Waals surface area contributed by atoms with Gasteiger partial charge in [0.25, 0.3) is 0 Å². The molecule has 1 aliphatic rings. The lowest BCUT2D eigenvalue weighted by Gasteiger charge is -2.43. The molecule has 0 spiro atoms. The maximum Gasteiger partial charge on any atom is 0.316 e. The van der Waals surface area contributed by atoms with Crippen molar-refractivity contribution in [2.45, 2.75) is 24.9 Å². The molecule has 1 N–H and O–H groups in total. The van der Waals surface area contributed by atoms with E-state index in [2.05, 4.69) is 0 Å². The van der Waals surface area contributed by atoms with Crippen LogP contribution in [0.4, 0.5) is 5.69 Å². The molecule has 1 aromatic rings. The van der Waals surface area contributed by atoms with Gasteiger partial charge in [0.1, 0.15) is 5.92 Å². The molecular weight excluding hydrogens is 338 g/mol. The first kappa shape index (κ1) is 19.9. The first-order valence-electron chi connectivity index (χ1n) is 8.32. The van der Waals surface area contributed by atoms with Crippen molar-refractivity contribution in [3.63, 3.8) is 0 Å². The highest BCUT2D eigenvalue weighted by Gasteiger charge is 2.56. The van der Waals surface area contributed by atoms with E-state index in [4.69, 9.17) is 9.47 Å². The van der Waals surface area contributed by atoms with Crippen molar-refractivity contribution in [2.24, 2.45) is 11.8 Å². The average Bonchev–Trinajstić information content (AvgIpc) is 2.59. The standard InChI is InChI=1S/C19H25NO6/c1-19(24)10-13(21)15(17(22)25-4)14(16(19)18(23)26-5)11-6-8-12(9-7-11)20(2)3/h6-9,14-16,24H,10H2,1-5H3/t14-,15-,16-,19+/m1/s1. The molecule has 1 saturated carbocycles. The van der Waals surface area contributed by atoms with Crippen LogP contribution in [0.3, 0.4) is 0 Å². The van der Waals surface area contributed by atoms with Crippen molar-refractivity contribution in [1.29, 1.82) is 0 Å². The Hall–Kier alpha value is -2.41. The molecule has 4 atom stereocenters. The lowest BCUT2D eigenvalue weighted by atomic mass is 9.62. The third kappa shape index (κ3) is 3.58. The summed E-state index contributed by atoms with van der Waals surface area (Å²) >= 11 is 0. The zero-order valence-electron chi connectivity index (χ0n) is 15.7. The summed E-state index contributed by atoms with van der Waals surface area (Å²) in [4.78, 5) is 39.3. The van der Waals surface area contributed by atoms with Gasteiger partial charge in [-0.1, -0.05) is 12.1 Å². The molecule has 0 heterocycles. The molecule has 0 radical (unpaired) electrons. The largest absolute Gasteiger partial charge is 0.469 e. The van der Waals surface area contributed by atoms with Crippen molar-refractivity contribution < 1.29 is 29.0 Å². The third-order valence-corrected chi connectivity index (χ3v) is 4.97. The monoisotopic (exact) mass is 363 g/mol. The van der Waals surface area contributed by atoms with Gasteiger partial charge in [-0.25, -0.2) is 0 Å². The molecule has 142 valence electrons. The van der Waals surface area contributed by atoms with Crippen molar-refractivity contribution in [3.8, 4) is 0 Å². The summed E-state index contributed by atoms with van der Waals surface area (Å²) in [6.45, 7) is 1.42. The minimum absolute atomic E-state index is 0.321. The first-order chi connectivity index (χ1) is 12.1. The topological polar surface area (TPSA) is 93.1 Å². The Morgan fingerprint density at radius 1 is 1.12 bits per heavy atom. The average molecular weight is 363 g/mol. The minimum atomic E-state index is -1.63. The van der Waals surface area contributed by atoms with Gasteiger partial charge in [0.15, 0.2) is 5.78 Å². The Balaban J connectivity index is 2.61. The van der Waals surface area contributed by atoms with E-state index in [9.17, 15) is 19.5 Å². The van der Waals surface area contributed by atoms with Gasteiger partial charge in [-0.05, 0) is 24.6 Å².